The molecule has 2 saturated carbocycles. The highest BCUT2D eigenvalue weighted by molar-refractivity contribution is 5.85. The lowest BCUT2D eigenvalue weighted by molar-refractivity contribution is -0.139. The average molecular weight is 268 g/mol. The molecule has 0 aromatic rings. The summed E-state index contributed by atoms with van der Waals surface area (Å²) in [7, 11) is 0. The molecule has 0 spiro atoms. The fourth-order valence-corrected chi connectivity index (χ4v) is 3.01. The highest BCUT2D eigenvalue weighted by atomic mass is 16.3. The summed E-state index contributed by atoms with van der Waals surface area (Å²) in [6, 6.07) is 0.321. The van der Waals surface area contributed by atoms with Crippen LogP contribution in [0, 0.1) is 0 Å². The van der Waals surface area contributed by atoms with Gasteiger partial charge >= 0.3 is 0 Å². The summed E-state index contributed by atoms with van der Waals surface area (Å²) in [5.41, 5.74) is -1.19. The summed E-state index contributed by atoms with van der Waals surface area (Å²) < 4.78 is 0. The molecule has 2 fully saturated rings. The molecule has 2 aliphatic carbocycles. The molecule has 0 aromatic carbocycles. The summed E-state index contributed by atoms with van der Waals surface area (Å²) in [6.07, 6.45) is 7.66. The van der Waals surface area contributed by atoms with Gasteiger partial charge < -0.3 is 15.7 Å². The topological polar surface area (TPSA) is 78.4 Å². The van der Waals surface area contributed by atoms with Crippen LogP contribution in [0.4, 0.5) is 0 Å². The van der Waals surface area contributed by atoms with Crippen molar-refractivity contribution in [1.29, 1.82) is 0 Å². The molecule has 2 aliphatic rings. The molecule has 0 heterocycles. The Kier molecular flexibility index (Phi) is 4.80. The van der Waals surface area contributed by atoms with E-state index in [4.69, 9.17) is 0 Å². The lowest BCUT2D eigenvalue weighted by atomic mass is 10.0. The molecule has 5 nitrogen and oxygen atoms in total. The smallest absolute Gasteiger partial charge is 0.251 e. The van der Waals surface area contributed by atoms with Gasteiger partial charge in [0, 0.05) is 19.0 Å². The predicted octanol–water partition coefficient (Wildman–Crippen LogP) is 0.857. The minimum absolute atomic E-state index is 0.00869. The first kappa shape index (κ1) is 14.3. The van der Waals surface area contributed by atoms with Gasteiger partial charge in [0.2, 0.25) is 5.91 Å². The Hall–Kier alpha value is -1.10. The number of carbonyl (C=O) groups excluding carboxylic acids is 2. The number of carbonyl (C=O) groups is 2. The normalized spacial score (nSPS) is 22.4. The zero-order chi connectivity index (χ0) is 13.7. The van der Waals surface area contributed by atoms with Crippen molar-refractivity contribution >= 4 is 11.8 Å². The number of amides is 2. The fourth-order valence-electron chi connectivity index (χ4n) is 3.01. The van der Waals surface area contributed by atoms with Crippen LogP contribution in [0.25, 0.3) is 0 Å². The third-order valence-corrected chi connectivity index (χ3v) is 4.21. The van der Waals surface area contributed by atoms with Gasteiger partial charge in [0.25, 0.3) is 5.91 Å². The molecule has 108 valence electrons. The standard InChI is InChI=1S/C14H24N2O3/c17-12(16-11-5-1-2-6-11)7-10-15-13(18)14(19)8-3-4-9-14/h11,19H,1-10H2,(H,15,18)(H,16,17). The van der Waals surface area contributed by atoms with Crippen LogP contribution in [-0.2, 0) is 9.59 Å². The third-order valence-electron chi connectivity index (χ3n) is 4.21. The molecular weight excluding hydrogens is 244 g/mol. The Morgan fingerprint density at radius 2 is 1.74 bits per heavy atom. The minimum Gasteiger partial charge on any atom is -0.380 e. The summed E-state index contributed by atoms with van der Waals surface area (Å²) in [4.78, 5) is 23.5. The number of rotatable bonds is 5. The Morgan fingerprint density at radius 1 is 1.11 bits per heavy atom. The van der Waals surface area contributed by atoms with E-state index in [1.54, 1.807) is 0 Å². The molecule has 0 atom stereocenters. The molecule has 5 heteroatoms. The third kappa shape index (κ3) is 3.93. The van der Waals surface area contributed by atoms with E-state index in [-0.39, 0.29) is 18.2 Å². The number of nitrogens with one attached hydrogen (secondary N) is 2. The first-order valence-corrected chi connectivity index (χ1v) is 7.40. The monoisotopic (exact) mass is 268 g/mol. The Bertz CT molecular complexity index is 332. The van der Waals surface area contributed by atoms with E-state index in [9.17, 15) is 14.7 Å². The van der Waals surface area contributed by atoms with E-state index >= 15 is 0 Å². The summed E-state index contributed by atoms with van der Waals surface area (Å²) in [6.45, 7) is 0.305. The largest absolute Gasteiger partial charge is 0.380 e. The van der Waals surface area contributed by atoms with Gasteiger partial charge in [-0.2, -0.15) is 0 Å². The Morgan fingerprint density at radius 3 is 2.37 bits per heavy atom. The fraction of sp³-hybridized carbons (Fsp3) is 0.857. The average Bonchev–Trinajstić information content (AvgIpc) is 3.01. The number of aliphatic hydroxyl groups is 1. The molecule has 0 unspecified atom stereocenters. The van der Waals surface area contributed by atoms with E-state index in [2.05, 4.69) is 10.6 Å². The van der Waals surface area contributed by atoms with Crippen LogP contribution >= 0.6 is 0 Å². The van der Waals surface area contributed by atoms with Crippen molar-refractivity contribution in [3.8, 4) is 0 Å². The second kappa shape index (κ2) is 6.37. The SMILES string of the molecule is O=C(CCNC(=O)C1(O)CCCC1)NC1CCCC1. The van der Waals surface area contributed by atoms with Crippen LogP contribution < -0.4 is 10.6 Å². The van der Waals surface area contributed by atoms with Crippen molar-refractivity contribution < 1.29 is 14.7 Å². The highest BCUT2D eigenvalue weighted by Crippen LogP contribution is 2.29. The molecule has 19 heavy (non-hydrogen) atoms. The second-order valence-corrected chi connectivity index (χ2v) is 5.79. The van der Waals surface area contributed by atoms with Crippen LogP contribution in [0.15, 0.2) is 0 Å². The number of hydrogen-bond donors (Lipinski definition) is 3. The Labute approximate surface area is 114 Å². The van der Waals surface area contributed by atoms with Crippen molar-refractivity contribution in [2.75, 3.05) is 6.54 Å². The maximum atomic E-state index is 11.8. The molecule has 0 aromatic heterocycles. The maximum Gasteiger partial charge on any atom is 0.251 e. The molecule has 0 saturated heterocycles. The van der Waals surface area contributed by atoms with Gasteiger partial charge in [-0.15, -0.1) is 0 Å². The quantitative estimate of drug-likeness (QED) is 0.692. The van der Waals surface area contributed by atoms with Crippen molar-refractivity contribution in [2.24, 2.45) is 0 Å². The Balaban J connectivity index is 1.62. The molecule has 0 bridgehead atoms. The minimum atomic E-state index is -1.19. The second-order valence-electron chi connectivity index (χ2n) is 5.79. The maximum absolute atomic E-state index is 11.8. The van der Waals surface area contributed by atoms with Crippen LogP contribution in [0.3, 0.4) is 0 Å². The highest BCUT2D eigenvalue weighted by Gasteiger charge is 2.38. The number of hydrogen-bond acceptors (Lipinski definition) is 3. The van der Waals surface area contributed by atoms with Gasteiger partial charge in [-0.3, -0.25) is 9.59 Å². The van der Waals surface area contributed by atoms with E-state index in [1.807, 2.05) is 0 Å². The summed E-state index contributed by atoms with van der Waals surface area (Å²) >= 11 is 0. The van der Waals surface area contributed by atoms with Crippen molar-refractivity contribution in [1.82, 2.24) is 10.6 Å². The van der Waals surface area contributed by atoms with E-state index in [1.165, 1.54) is 12.8 Å². The molecule has 2 amide bonds. The zero-order valence-electron chi connectivity index (χ0n) is 11.4. The lowest BCUT2D eigenvalue weighted by Crippen LogP contribution is -2.46. The lowest BCUT2D eigenvalue weighted by Gasteiger charge is -2.21. The van der Waals surface area contributed by atoms with E-state index < -0.39 is 5.60 Å². The molecule has 0 aliphatic heterocycles. The van der Waals surface area contributed by atoms with Crippen LogP contribution in [0.1, 0.15) is 57.8 Å². The van der Waals surface area contributed by atoms with Crippen LogP contribution in [-0.4, -0.2) is 35.1 Å². The van der Waals surface area contributed by atoms with Gasteiger partial charge in [-0.25, -0.2) is 0 Å². The van der Waals surface area contributed by atoms with Gasteiger partial charge in [0.1, 0.15) is 5.60 Å². The van der Waals surface area contributed by atoms with Gasteiger partial charge in [-0.05, 0) is 38.5 Å². The summed E-state index contributed by atoms with van der Waals surface area (Å²) in [5.74, 6) is -0.329. The van der Waals surface area contributed by atoms with Gasteiger partial charge in [0.05, 0.1) is 0 Å². The van der Waals surface area contributed by atoms with Gasteiger partial charge in [-0.1, -0.05) is 12.8 Å². The molecule has 3 N–H and O–H groups in total. The first-order chi connectivity index (χ1) is 9.10. The van der Waals surface area contributed by atoms with Crippen molar-refractivity contribution in [2.45, 2.75) is 69.4 Å². The van der Waals surface area contributed by atoms with Crippen molar-refractivity contribution in [3.63, 3.8) is 0 Å². The molecular formula is C14H24N2O3. The van der Waals surface area contributed by atoms with Crippen molar-refractivity contribution in [3.05, 3.63) is 0 Å². The summed E-state index contributed by atoms with van der Waals surface area (Å²) in [5, 5.41) is 15.7. The predicted molar refractivity (Wildman–Crippen MR) is 71.4 cm³/mol. The zero-order valence-corrected chi connectivity index (χ0v) is 11.4. The van der Waals surface area contributed by atoms with Crippen LogP contribution in [0.2, 0.25) is 0 Å². The van der Waals surface area contributed by atoms with Gasteiger partial charge in [0.15, 0.2) is 0 Å². The molecule has 2 rings (SSSR count). The first-order valence-electron chi connectivity index (χ1n) is 7.40. The van der Waals surface area contributed by atoms with E-state index in [0.717, 1.165) is 25.7 Å². The van der Waals surface area contributed by atoms with E-state index in [0.29, 0.717) is 25.4 Å². The molecule has 0 radical (unpaired) electrons. The van der Waals surface area contributed by atoms with Crippen LogP contribution in [0.5, 0.6) is 0 Å².